The van der Waals surface area contributed by atoms with Gasteiger partial charge >= 0.3 is 6.09 Å². The molecular weight excluding hydrogens is 422 g/mol. The Balaban J connectivity index is 1.34. The summed E-state index contributed by atoms with van der Waals surface area (Å²) in [5.74, 6) is 0.854. The van der Waals surface area contributed by atoms with E-state index in [0.717, 1.165) is 16.8 Å². The second kappa shape index (κ2) is 7.94. The van der Waals surface area contributed by atoms with Gasteiger partial charge in [-0.15, -0.1) is 0 Å². The van der Waals surface area contributed by atoms with E-state index in [0.29, 0.717) is 42.5 Å². The predicted octanol–water partition coefficient (Wildman–Crippen LogP) is 3.22. The number of halogens is 1. The Morgan fingerprint density at radius 1 is 1.06 bits per heavy atom. The number of hydrogen-bond acceptors (Lipinski definition) is 6. The minimum Gasteiger partial charge on any atom is -0.454 e. The number of amides is 2. The monoisotopic (exact) mass is 443 g/mol. The van der Waals surface area contributed by atoms with Crippen molar-refractivity contribution in [1.82, 2.24) is 4.90 Å². The van der Waals surface area contributed by atoms with Gasteiger partial charge in [0.25, 0.3) is 0 Å². The molecule has 0 radical (unpaired) electrons. The van der Waals surface area contributed by atoms with Gasteiger partial charge in [-0.05, 0) is 48.7 Å². The van der Waals surface area contributed by atoms with Gasteiger partial charge in [-0.1, -0.05) is 17.7 Å². The van der Waals surface area contributed by atoms with Gasteiger partial charge < -0.3 is 19.9 Å². The van der Waals surface area contributed by atoms with Gasteiger partial charge in [0.05, 0.1) is 5.69 Å². The van der Waals surface area contributed by atoms with Crippen LogP contribution < -0.4 is 20.1 Å². The Kier molecular flexibility index (Phi) is 5.11. The molecule has 0 aliphatic carbocycles. The highest BCUT2D eigenvalue weighted by atomic mass is 35.5. The molecule has 2 N–H and O–H groups in total. The van der Waals surface area contributed by atoms with Crippen molar-refractivity contribution < 1.29 is 23.8 Å². The number of carbonyl (C=O) groups excluding carboxylic acids is 2. The molecule has 1 saturated heterocycles. The number of primary amides is 1. The number of cyclic esters (lactones) is 1. The highest BCUT2D eigenvalue weighted by Gasteiger charge is 2.37. The first kappa shape index (κ1) is 20.0. The first-order valence-corrected chi connectivity index (χ1v) is 10.6. The molecule has 1 fully saturated rings. The van der Waals surface area contributed by atoms with E-state index in [1.54, 1.807) is 17.0 Å². The van der Waals surface area contributed by atoms with Crippen LogP contribution in [0.2, 0.25) is 5.02 Å². The van der Waals surface area contributed by atoms with Crippen molar-refractivity contribution in [1.29, 1.82) is 0 Å². The van der Waals surface area contributed by atoms with Gasteiger partial charge in [-0.25, -0.2) is 4.79 Å². The summed E-state index contributed by atoms with van der Waals surface area (Å²) in [5.41, 5.74) is 8.27. The number of piperidine rings is 1. The van der Waals surface area contributed by atoms with Crippen molar-refractivity contribution in [3.63, 3.8) is 0 Å². The van der Waals surface area contributed by atoms with Crippen LogP contribution in [-0.2, 0) is 16.1 Å². The molecule has 3 aliphatic rings. The molecule has 1 unspecified atom stereocenters. The second-order valence-electron chi connectivity index (χ2n) is 7.88. The maximum atomic E-state index is 12.6. The lowest BCUT2D eigenvalue weighted by atomic mass is 9.96. The molecule has 3 aliphatic heterocycles. The van der Waals surface area contributed by atoms with Gasteiger partial charge in [0.2, 0.25) is 12.7 Å². The molecule has 8 nitrogen and oxygen atoms in total. The van der Waals surface area contributed by atoms with Crippen molar-refractivity contribution in [2.75, 3.05) is 24.8 Å². The first-order valence-electron chi connectivity index (χ1n) is 10.2. The van der Waals surface area contributed by atoms with Gasteiger partial charge in [0.1, 0.15) is 12.6 Å². The molecular formula is C22H22ClN3O5. The average molecular weight is 444 g/mol. The Hall–Kier alpha value is -2.97. The van der Waals surface area contributed by atoms with Gasteiger partial charge in [-0.2, -0.15) is 0 Å². The number of rotatable bonds is 4. The number of ether oxygens (including phenoxy) is 3. The number of hydrogen-bond donors (Lipinski definition) is 1. The van der Waals surface area contributed by atoms with E-state index in [2.05, 4.69) is 4.90 Å². The van der Waals surface area contributed by atoms with E-state index in [9.17, 15) is 9.59 Å². The molecule has 9 heteroatoms. The fourth-order valence-corrected chi connectivity index (χ4v) is 4.79. The number of nitrogens with two attached hydrogens (primary N) is 1. The quantitative estimate of drug-likeness (QED) is 0.779. The minimum absolute atomic E-state index is 0.0331. The third-order valence-corrected chi connectivity index (χ3v) is 6.30. The summed E-state index contributed by atoms with van der Waals surface area (Å²) in [6.45, 7) is 1.61. The second-order valence-corrected chi connectivity index (χ2v) is 8.32. The highest BCUT2D eigenvalue weighted by Crippen LogP contribution is 2.38. The number of carbonyl (C=O) groups is 2. The number of nitrogens with zero attached hydrogens (tertiary/aromatic N) is 2. The van der Waals surface area contributed by atoms with Crippen LogP contribution in [0.4, 0.5) is 10.5 Å². The van der Waals surface area contributed by atoms with Gasteiger partial charge in [-0.3, -0.25) is 14.6 Å². The number of anilines is 1. The van der Waals surface area contributed by atoms with Crippen molar-refractivity contribution in [2.45, 2.75) is 31.5 Å². The highest BCUT2D eigenvalue weighted by molar-refractivity contribution is 6.30. The van der Waals surface area contributed by atoms with Crippen LogP contribution in [0.15, 0.2) is 36.4 Å². The van der Waals surface area contributed by atoms with Crippen LogP contribution in [0.1, 0.15) is 30.0 Å². The van der Waals surface area contributed by atoms with E-state index in [1.807, 2.05) is 24.3 Å². The zero-order chi connectivity index (χ0) is 21.5. The SMILES string of the molecule is NC(=O)C(c1ccc2c(c1)OCO2)N1CCC(N2C(=O)OCc3cc(Cl)ccc32)CC1. The molecule has 0 saturated carbocycles. The first-order chi connectivity index (χ1) is 15.0. The Labute approximate surface area is 184 Å². The van der Waals surface area contributed by atoms with E-state index in [-0.39, 0.29) is 25.5 Å². The van der Waals surface area contributed by atoms with E-state index in [1.165, 1.54) is 0 Å². The molecule has 0 bridgehead atoms. The standard InChI is InChI=1S/C22H22ClN3O5/c23-15-2-3-17-14(9-15)11-29-22(28)26(17)16-5-7-25(8-6-16)20(21(24)27)13-1-4-18-19(10-13)31-12-30-18/h1-4,9-10,16,20H,5-8,11-12H2,(H2,24,27). The largest absolute Gasteiger partial charge is 0.454 e. The maximum absolute atomic E-state index is 12.6. The van der Waals surface area contributed by atoms with Crippen molar-refractivity contribution in [3.8, 4) is 11.5 Å². The maximum Gasteiger partial charge on any atom is 0.414 e. The minimum atomic E-state index is -0.574. The fraction of sp³-hybridized carbons (Fsp3) is 0.364. The normalized spacial score (nSPS) is 19.6. The molecule has 162 valence electrons. The molecule has 2 aromatic carbocycles. The van der Waals surface area contributed by atoms with Crippen molar-refractivity contribution in [2.24, 2.45) is 5.73 Å². The van der Waals surface area contributed by atoms with E-state index in [4.69, 9.17) is 31.5 Å². The Morgan fingerprint density at radius 3 is 2.61 bits per heavy atom. The summed E-state index contributed by atoms with van der Waals surface area (Å²) in [5, 5.41) is 0.611. The average Bonchev–Trinajstić information content (AvgIpc) is 3.22. The summed E-state index contributed by atoms with van der Waals surface area (Å²) < 4.78 is 16.2. The summed E-state index contributed by atoms with van der Waals surface area (Å²) >= 11 is 6.10. The molecule has 3 heterocycles. The third-order valence-electron chi connectivity index (χ3n) is 6.06. The molecule has 2 aromatic rings. The summed E-state index contributed by atoms with van der Waals surface area (Å²) in [6.07, 6.45) is 1.02. The number of fused-ring (bicyclic) bond motifs is 2. The molecule has 2 amide bonds. The molecule has 31 heavy (non-hydrogen) atoms. The van der Waals surface area contributed by atoms with E-state index >= 15 is 0 Å². The van der Waals surface area contributed by atoms with Gasteiger partial charge in [0.15, 0.2) is 11.5 Å². The Bertz CT molecular complexity index is 1040. The summed E-state index contributed by atoms with van der Waals surface area (Å²) in [4.78, 5) is 28.7. The van der Waals surface area contributed by atoms with Crippen LogP contribution in [0.3, 0.4) is 0 Å². The zero-order valence-electron chi connectivity index (χ0n) is 16.8. The van der Waals surface area contributed by atoms with Crippen molar-refractivity contribution in [3.05, 3.63) is 52.5 Å². The van der Waals surface area contributed by atoms with Crippen molar-refractivity contribution >= 4 is 29.3 Å². The molecule has 5 rings (SSSR count). The Morgan fingerprint density at radius 2 is 1.84 bits per heavy atom. The molecule has 0 spiro atoms. The lowest BCUT2D eigenvalue weighted by Crippen LogP contribution is -2.51. The van der Waals surface area contributed by atoms with E-state index < -0.39 is 11.9 Å². The van der Waals surface area contributed by atoms with Crippen LogP contribution in [-0.4, -0.2) is 42.8 Å². The lowest BCUT2D eigenvalue weighted by Gasteiger charge is -2.42. The molecule has 0 aromatic heterocycles. The van der Waals surface area contributed by atoms with Crippen LogP contribution in [0, 0.1) is 0 Å². The number of benzene rings is 2. The zero-order valence-corrected chi connectivity index (χ0v) is 17.5. The topological polar surface area (TPSA) is 94.3 Å². The summed E-state index contributed by atoms with van der Waals surface area (Å²) in [6, 6.07) is 10.3. The van der Waals surface area contributed by atoms with Crippen LogP contribution in [0.5, 0.6) is 11.5 Å². The lowest BCUT2D eigenvalue weighted by molar-refractivity contribution is -0.124. The van der Waals surface area contributed by atoms with Crippen LogP contribution >= 0.6 is 11.6 Å². The molecule has 1 atom stereocenters. The third kappa shape index (κ3) is 3.66. The fourth-order valence-electron chi connectivity index (χ4n) is 4.60. The smallest absolute Gasteiger partial charge is 0.414 e. The summed E-state index contributed by atoms with van der Waals surface area (Å²) in [7, 11) is 0. The van der Waals surface area contributed by atoms with Crippen LogP contribution in [0.25, 0.3) is 0 Å². The van der Waals surface area contributed by atoms with Gasteiger partial charge in [0, 0.05) is 29.7 Å². The predicted molar refractivity (Wildman–Crippen MR) is 113 cm³/mol. The number of likely N-dealkylation sites (tertiary alicyclic amines) is 1.